The molecule has 1 atom stereocenters. The van der Waals surface area contributed by atoms with Gasteiger partial charge in [0.1, 0.15) is 18.5 Å². The van der Waals surface area contributed by atoms with Crippen molar-refractivity contribution in [3.05, 3.63) is 50.6 Å². The van der Waals surface area contributed by atoms with Gasteiger partial charge in [0, 0.05) is 17.6 Å². The van der Waals surface area contributed by atoms with Crippen molar-refractivity contribution in [3.8, 4) is 5.75 Å². The minimum atomic E-state index is -0.520. The standard InChI is InChI=1S/C15H18BrNO2S/c1-11-9-20-10-12(11)6-17-7-14(18)8-19-15-4-2-3-13(16)5-15/h2-5,9-10,14,17-18H,6-8H2,1H3. The SMILES string of the molecule is Cc1cscc1CNCC(O)COc1cccc(Br)c1. The first kappa shape index (κ1) is 15.5. The van der Waals surface area contributed by atoms with Gasteiger partial charge in [-0.2, -0.15) is 11.3 Å². The normalized spacial score (nSPS) is 12.3. The van der Waals surface area contributed by atoms with Crippen molar-refractivity contribution in [1.29, 1.82) is 0 Å². The van der Waals surface area contributed by atoms with Crippen molar-refractivity contribution >= 4 is 27.3 Å². The molecule has 0 amide bonds. The molecular formula is C15H18BrNO2S. The molecule has 0 aliphatic carbocycles. The Morgan fingerprint density at radius 3 is 2.95 bits per heavy atom. The summed E-state index contributed by atoms with van der Waals surface area (Å²) in [5.41, 5.74) is 2.58. The highest BCUT2D eigenvalue weighted by Crippen LogP contribution is 2.17. The van der Waals surface area contributed by atoms with Gasteiger partial charge in [-0.3, -0.25) is 0 Å². The molecule has 0 spiro atoms. The second-order valence-electron chi connectivity index (χ2n) is 4.63. The minimum Gasteiger partial charge on any atom is -0.491 e. The smallest absolute Gasteiger partial charge is 0.120 e. The van der Waals surface area contributed by atoms with Gasteiger partial charge in [0.05, 0.1) is 0 Å². The maximum atomic E-state index is 9.88. The highest BCUT2D eigenvalue weighted by molar-refractivity contribution is 9.10. The monoisotopic (exact) mass is 355 g/mol. The Kier molecular flexibility index (Phi) is 6.04. The summed E-state index contributed by atoms with van der Waals surface area (Å²) in [5.74, 6) is 0.757. The number of aliphatic hydroxyl groups excluding tert-OH is 1. The molecule has 0 saturated carbocycles. The highest BCUT2D eigenvalue weighted by atomic mass is 79.9. The van der Waals surface area contributed by atoms with E-state index in [1.165, 1.54) is 11.1 Å². The molecule has 2 aromatic rings. The van der Waals surface area contributed by atoms with Crippen molar-refractivity contribution in [2.24, 2.45) is 0 Å². The van der Waals surface area contributed by atoms with E-state index in [-0.39, 0.29) is 6.61 Å². The van der Waals surface area contributed by atoms with Gasteiger partial charge in [-0.1, -0.05) is 22.0 Å². The summed E-state index contributed by atoms with van der Waals surface area (Å²) in [5, 5.41) is 17.4. The molecule has 5 heteroatoms. The zero-order chi connectivity index (χ0) is 14.4. The molecule has 1 aromatic heterocycles. The number of aryl methyl sites for hydroxylation is 1. The van der Waals surface area contributed by atoms with Gasteiger partial charge in [0.15, 0.2) is 0 Å². The average Bonchev–Trinajstić information content (AvgIpc) is 2.82. The summed E-state index contributed by atoms with van der Waals surface area (Å²) in [7, 11) is 0. The molecule has 1 unspecified atom stereocenters. The Morgan fingerprint density at radius 1 is 1.40 bits per heavy atom. The van der Waals surface area contributed by atoms with E-state index in [9.17, 15) is 5.11 Å². The zero-order valence-corrected chi connectivity index (χ0v) is 13.7. The third kappa shape index (κ3) is 4.90. The third-order valence-corrected chi connectivity index (χ3v) is 4.30. The first-order valence-corrected chi connectivity index (χ1v) is 8.17. The van der Waals surface area contributed by atoms with Crippen LogP contribution in [0.1, 0.15) is 11.1 Å². The average molecular weight is 356 g/mol. The number of thiophene rings is 1. The molecule has 0 bridgehead atoms. The third-order valence-electron chi connectivity index (χ3n) is 2.90. The summed E-state index contributed by atoms with van der Waals surface area (Å²) < 4.78 is 6.51. The van der Waals surface area contributed by atoms with Crippen LogP contribution in [0.5, 0.6) is 5.75 Å². The van der Waals surface area contributed by atoms with E-state index in [4.69, 9.17) is 4.74 Å². The number of hydrogen-bond acceptors (Lipinski definition) is 4. The summed E-state index contributed by atoms with van der Waals surface area (Å²) in [6.07, 6.45) is -0.520. The fraction of sp³-hybridized carbons (Fsp3) is 0.333. The fourth-order valence-corrected chi connectivity index (χ4v) is 2.98. The Balaban J connectivity index is 1.68. The van der Waals surface area contributed by atoms with Crippen LogP contribution in [0.15, 0.2) is 39.5 Å². The summed E-state index contributed by atoms with van der Waals surface area (Å²) in [4.78, 5) is 0. The van der Waals surface area contributed by atoms with Crippen LogP contribution < -0.4 is 10.1 Å². The van der Waals surface area contributed by atoms with E-state index in [2.05, 4.69) is 38.9 Å². The first-order chi connectivity index (χ1) is 9.65. The van der Waals surface area contributed by atoms with Crippen molar-refractivity contribution in [3.63, 3.8) is 0 Å². The molecule has 20 heavy (non-hydrogen) atoms. The van der Waals surface area contributed by atoms with Crippen molar-refractivity contribution in [2.45, 2.75) is 19.6 Å². The Labute approximate surface area is 131 Å². The quantitative estimate of drug-likeness (QED) is 0.800. The number of aliphatic hydroxyl groups is 1. The van der Waals surface area contributed by atoms with E-state index in [0.29, 0.717) is 6.54 Å². The second kappa shape index (κ2) is 7.78. The number of nitrogens with one attached hydrogen (secondary N) is 1. The van der Waals surface area contributed by atoms with Gasteiger partial charge in [-0.15, -0.1) is 0 Å². The molecule has 0 radical (unpaired) electrons. The number of rotatable bonds is 7. The number of benzene rings is 1. The molecule has 108 valence electrons. The molecule has 2 N–H and O–H groups in total. The van der Waals surface area contributed by atoms with Crippen LogP contribution in [0.25, 0.3) is 0 Å². The molecule has 0 aliphatic heterocycles. The van der Waals surface area contributed by atoms with Gasteiger partial charge in [-0.05, 0) is 47.0 Å². The van der Waals surface area contributed by atoms with E-state index in [1.54, 1.807) is 11.3 Å². The van der Waals surface area contributed by atoms with Crippen molar-refractivity contribution in [1.82, 2.24) is 5.32 Å². The maximum Gasteiger partial charge on any atom is 0.120 e. The fourth-order valence-electron chi connectivity index (χ4n) is 1.75. The summed E-state index contributed by atoms with van der Waals surface area (Å²) >= 11 is 5.09. The van der Waals surface area contributed by atoms with E-state index in [0.717, 1.165) is 16.8 Å². The van der Waals surface area contributed by atoms with Crippen LogP contribution in [0.3, 0.4) is 0 Å². The lowest BCUT2D eigenvalue weighted by atomic mass is 10.2. The van der Waals surface area contributed by atoms with Crippen LogP contribution in [0.2, 0.25) is 0 Å². The minimum absolute atomic E-state index is 0.284. The Morgan fingerprint density at radius 2 is 2.25 bits per heavy atom. The number of halogens is 1. The molecule has 0 saturated heterocycles. The van der Waals surface area contributed by atoms with E-state index in [1.807, 2.05) is 24.3 Å². The van der Waals surface area contributed by atoms with Gasteiger partial charge in [-0.25, -0.2) is 0 Å². The molecular weight excluding hydrogens is 338 g/mol. The lowest BCUT2D eigenvalue weighted by molar-refractivity contribution is 0.106. The zero-order valence-electron chi connectivity index (χ0n) is 11.3. The molecule has 3 nitrogen and oxygen atoms in total. The van der Waals surface area contributed by atoms with E-state index >= 15 is 0 Å². The number of hydrogen-bond donors (Lipinski definition) is 2. The molecule has 0 aliphatic rings. The van der Waals surface area contributed by atoms with Crippen LogP contribution >= 0.6 is 27.3 Å². The Hall–Kier alpha value is -0.880. The van der Waals surface area contributed by atoms with Crippen molar-refractivity contribution in [2.75, 3.05) is 13.2 Å². The largest absolute Gasteiger partial charge is 0.491 e. The van der Waals surface area contributed by atoms with Gasteiger partial charge >= 0.3 is 0 Å². The number of ether oxygens (including phenoxy) is 1. The van der Waals surface area contributed by atoms with Crippen molar-refractivity contribution < 1.29 is 9.84 Å². The predicted octanol–water partition coefficient (Wildman–Crippen LogP) is 3.35. The summed E-state index contributed by atoms with van der Waals surface area (Å²) in [6, 6.07) is 7.60. The van der Waals surface area contributed by atoms with Gasteiger partial charge in [0.2, 0.25) is 0 Å². The van der Waals surface area contributed by atoms with Crippen LogP contribution in [0.4, 0.5) is 0 Å². The molecule has 1 aromatic carbocycles. The van der Waals surface area contributed by atoms with Gasteiger partial charge < -0.3 is 15.2 Å². The van der Waals surface area contributed by atoms with Crippen LogP contribution in [-0.2, 0) is 6.54 Å². The molecule has 2 rings (SSSR count). The molecule has 0 fully saturated rings. The second-order valence-corrected chi connectivity index (χ2v) is 6.29. The maximum absolute atomic E-state index is 9.88. The first-order valence-electron chi connectivity index (χ1n) is 6.44. The van der Waals surface area contributed by atoms with Crippen LogP contribution in [-0.4, -0.2) is 24.4 Å². The molecule has 1 heterocycles. The van der Waals surface area contributed by atoms with Gasteiger partial charge in [0.25, 0.3) is 0 Å². The predicted molar refractivity (Wildman–Crippen MR) is 86.4 cm³/mol. The Bertz CT molecular complexity index is 544. The van der Waals surface area contributed by atoms with Crippen LogP contribution in [0, 0.1) is 6.92 Å². The lowest BCUT2D eigenvalue weighted by Gasteiger charge is -2.13. The van der Waals surface area contributed by atoms with E-state index < -0.39 is 6.10 Å². The summed E-state index contributed by atoms with van der Waals surface area (Å²) in [6.45, 7) is 3.68. The highest BCUT2D eigenvalue weighted by Gasteiger charge is 2.06. The lowest BCUT2D eigenvalue weighted by Crippen LogP contribution is -2.31. The topological polar surface area (TPSA) is 41.5 Å².